The summed E-state index contributed by atoms with van der Waals surface area (Å²) in [5.74, 6) is 0. The summed E-state index contributed by atoms with van der Waals surface area (Å²) in [4.78, 5) is 3.58. The quantitative estimate of drug-likeness (QED) is 0.725. The lowest BCUT2D eigenvalue weighted by Gasteiger charge is -2.19. The highest BCUT2D eigenvalue weighted by Gasteiger charge is 2.06. The van der Waals surface area contributed by atoms with E-state index in [-0.39, 0.29) is 6.10 Å². The van der Waals surface area contributed by atoms with Gasteiger partial charge in [-0.05, 0) is 32.0 Å². The van der Waals surface area contributed by atoms with Crippen LogP contribution in [0.2, 0.25) is 0 Å². The topological polar surface area (TPSA) is 35.5 Å². The summed E-state index contributed by atoms with van der Waals surface area (Å²) in [6.45, 7) is 2.39. The maximum absolute atomic E-state index is 9.58. The Morgan fingerprint density at radius 1 is 1.60 bits per heavy atom. The predicted octanol–water partition coefficient (Wildman–Crippen LogP) is 0.803. The zero-order valence-electron chi connectivity index (χ0n) is 9.44. The molecule has 1 aromatic heterocycles. The van der Waals surface area contributed by atoms with Gasteiger partial charge in [0.05, 0.1) is 6.10 Å². The zero-order chi connectivity index (χ0) is 11.1. The number of nitrogens with one attached hydrogen (secondary N) is 1. The van der Waals surface area contributed by atoms with E-state index in [1.54, 1.807) is 11.3 Å². The molecule has 86 valence electrons. The normalized spacial score (nSPS) is 13.3. The molecule has 1 aromatic rings. The standard InChI is InChI=1S/C11H20N2OS/c1-12-8-10(14)9-13(2)6-5-11-4-3-7-15-11/h3-4,7,10,12,14H,5-6,8-9H2,1-2H3. The van der Waals surface area contributed by atoms with Gasteiger partial charge in [0, 0.05) is 24.5 Å². The van der Waals surface area contributed by atoms with E-state index in [4.69, 9.17) is 0 Å². The van der Waals surface area contributed by atoms with Crippen LogP contribution in [0.5, 0.6) is 0 Å². The van der Waals surface area contributed by atoms with E-state index < -0.39 is 0 Å². The summed E-state index contributed by atoms with van der Waals surface area (Å²) in [6.07, 6.45) is 0.795. The average Bonchev–Trinajstić information content (AvgIpc) is 2.67. The van der Waals surface area contributed by atoms with Crippen LogP contribution in [0.3, 0.4) is 0 Å². The van der Waals surface area contributed by atoms with Gasteiger partial charge in [0.15, 0.2) is 0 Å². The van der Waals surface area contributed by atoms with Crippen molar-refractivity contribution < 1.29 is 5.11 Å². The summed E-state index contributed by atoms with van der Waals surface area (Å²) in [7, 11) is 3.90. The molecule has 0 spiro atoms. The largest absolute Gasteiger partial charge is 0.390 e. The molecule has 0 aliphatic heterocycles. The molecule has 0 radical (unpaired) electrons. The van der Waals surface area contributed by atoms with Gasteiger partial charge in [0.25, 0.3) is 0 Å². The molecule has 0 aromatic carbocycles. The molecular formula is C11H20N2OS. The highest BCUT2D eigenvalue weighted by molar-refractivity contribution is 7.09. The first-order chi connectivity index (χ1) is 7.22. The summed E-state index contributed by atoms with van der Waals surface area (Å²) in [5.41, 5.74) is 0. The summed E-state index contributed by atoms with van der Waals surface area (Å²) in [6, 6.07) is 4.23. The van der Waals surface area contributed by atoms with Crippen molar-refractivity contribution in [2.75, 3.05) is 33.7 Å². The number of hydrogen-bond donors (Lipinski definition) is 2. The molecule has 1 atom stereocenters. The molecule has 15 heavy (non-hydrogen) atoms. The van der Waals surface area contributed by atoms with Crippen molar-refractivity contribution in [1.82, 2.24) is 10.2 Å². The number of aliphatic hydroxyl groups excluding tert-OH is 1. The Hall–Kier alpha value is -0.420. The molecule has 1 heterocycles. The van der Waals surface area contributed by atoms with Crippen molar-refractivity contribution in [2.24, 2.45) is 0 Å². The Morgan fingerprint density at radius 3 is 3.00 bits per heavy atom. The smallest absolute Gasteiger partial charge is 0.0791 e. The number of thiophene rings is 1. The van der Waals surface area contributed by atoms with Gasteiger partial charge in [0.2, 0.25) is 0 Å². The van der Waals surface area contributed by atoms with Gasteiger partial charge >= 0.3 is 0 Å². The Labute approximate surface area is 95.7 Å². The Bertz CT molecular complexity index is 251. The number of nitrogens with zero attached hydrogens (tertiary/aromatic N) is 1. The van der Waals surface area contributed by atoms with Crippen LogP contribution in [0.1, 0.15) is 4.88 Å². The first-order valence-corrected chi connectivity index (χ1v) is 6.14. The number of likely N-dealkylation sites (N-methyl/N-ethyl adjacent to an activating group) is 2. The lowest BCUT2D eigenvalue weighted by Crippen LogP contribution is -2.36. The van der Waals surface area contributed by atoms with E-state index >= 15 is 0 Å². The molecule has 0 aliphatic rings. The Kier molecular flexibility index (Phi) is 5.86. The van der Waals surface area contributed by atoms with Crippen molar-refractivity contribution in [3.8, 4) is 0 Å². The molecule has 0 aliphatic carbocycles. The summed E-state index contributed by atoms with van der Waals surface area (Å²) in [5, 5.41) is 14.6. The van der Waals surface area contributed by atoms with Crippen LogP contribution in [0.25, 0.3) is 0 Å². The number of aliphatic hydroxyl groups is 1. The minimum absolute atomic E-state index is 0.275. The van der Waals surface area contributed by atoms with Crippen LogP contribution in [0.4, 0.5) is 0 Å². The van der Waals surface area contributed by atoms with Crippen molar-refractivity contribution in [2.45, 2.75) is 12.5 Å². The van der Waals surface area contributed by atoms with Crippen LogP contribution >= 0.6 is 11.3 Å². The maximum atomic E-state index is 9.58. The van der Waals surface area contributed by atoms with E-state index in [9.17, 15) is 5.11 Å². The fourth-order valence-electron chi connectivity index (χ4n) is 1.51. The number of hydrogen-bond acceptors (Lipinski definition) is 4. The van der Waals surface area contributed by atoms with Gasteiger partial charge in [-0.3, -0.25) is 0 Å². The first kappa shape index (κ1) is 12.6. The minimum atomic E-state index is -0.275. The third kappa shape index (κ3) is 5.28. The molecule has 1 unspecified atom stereocenters. The van der Waals surface area contributed by atoms with E-state index in [1.165, 1.54) is 4.88 Å². The van der Waals surface area contributed by atoms with E-state index in [2.05, 4.69) is 27.7 Å². The fourth-order valence-corrected chi connectivity index (χ4v) is 2.21. The van der Waals surface area contributed by atoms with Gasteiger partial charge in [-0.2, -0.15) is 0 Å². The monoisotopic (exact) mass is 228 g/mol. The van der Waals surface area contributed by atoms with Gasteiger partial charge in [-0.15, -0.1) is 11.3 Å². The van der Waals surface area contributed by atoms with E-state index in [1.807, 2.05) is 14.1 Å². The molecule has 0 amide bonds. The molecule has 0 saturated carbocycles. The van der Waals surface area contributed by atoms with Crippen LogP contribution in [-0.2, 0) is 6.42 Å². The third-order valence-electron chi connectivity index (χ3n) is 2.28. The zero-order valence-corrected chi connectivity index (χ0v) is 10.3. The van der Waals surface area contributed by atoms with Crippen LogP contribution in [-0.4, -0.2) is 49.8 Å². The van der Waals surface area contributed by atoms with Crippen molar-refractivity contribution in [1.29, 1.82) is 0 Å². The van der Waals surface area contributed by atoms with Crippen molar-refractivity contribution in [3.05, 3.63) is 22.4 Å². The summed E-state index contributed by atoms with van der Waals surface area (Å²) >= 11 is 1.79. The average molecular weight is 228 g/mol. The molecule has 0 bridgehead atoms. The third-order valence-corrected chi connectivity index (χ3v) is 3.22. The maximum Gasteiger partial charge on any atom is 0.0791 e. The summed E-state index contributed by atoms with van der Waals surface area (Å²) < 4.78 is 0. The van der Waals surface area contributed by atoms with E-state index in [0.29, 0.717) is 6.54 Å². The Morgan fingerprint density at radius 2 is 2.40 bits per heavy atom. The molecule has 2 N–H and O–H groups in total. The first-order valence-electron chi connectivity index (χ1n) is 5.26. The molecule has 4 heteroatoms. The molecule has 3 nitrogen and oxygen atoms in total. The van der Waals surface area contributed by atoms with Crippen molar-refractivity contribution >= 4 is 11.3 Å². The van der Waals surface area contributed by atoms with Gasteiger partial charge < -0.3 is 15.3 Å². The van der Waals surface area contributed by atoms with E-state index in [0.717, 1.165) is 19.5 Å². The van der Waals surface area contributed by atoms with Crippen LogP contribution in [0, 0.1) is 0 Å². The highest BCUT2D eigenvalue weighted by Crippen LogP contribution is 2.09. The lowest BCUT2D eigenvalue weighted by molar-refractivity contribution is 0.127. The van der Waals surface area contributed by atoms with Crippen LogP contribution < -0.4 is 5.32 Å². The van der Waals surface area contributed by atoms with Gasteiger partial charge in [0.1, 0.15) is 0 Å². The minimum Gasteiger partial charge on any atom is -0.390 e. The molecule has 1 rings (SSSR count). The van der Waals surface area contributed by atoms with Crippen molar-refractivity contribution in [3.63, 3.8) is 0 Å². The predicted molar refractivity (Wildman–Crippen MR) is 65.5 cm³/mol. The second-order valence-corrected chi connectivity index (χ2v) is 4.84. The molecule has 0 fully saturated rings. The lowest BCUT2D eigenvalue weighted by atomic mass is 10.3. The molecule has 0 saturated heterocycles. The van der Waals surface area contributed by atoms with Gasteiger partial charge in [-0.25, -0.2) is 0 Å². The highest BCUT2D eigenvalue weighted by atomic mass is 32.1. The molecular weight excluding hydrogens is 208 g/mol. The Balaban J connectivity index is 2.15. The second kappa shape index (κ2) is 6.95. The number of rotatable bonds is 7. The van der Waals surface area contributed by atoms with Crippen LogP contribution in [0.15, 0.2) is 17.5 Å². The van der Waals surface area contributed by atoms with Gasteiger partial charge in [-0.1, -0.05) is 6.07 Å². The second-order valence-electron chi connectivity index (χ2n) is 3.80. The SMILES string of the molecule is CNCC(O)CN(C)CCc1cccs1. The fraction of sp³-hybridized carbons (Fsp3) is 0.636.